The Morgan fingerprint density at radius 2 is 1.67 bits per heavy atom. The second-order valence-corrected chi connectivity index (χ2v) is 6.75. The molecule has 21 heavy (non-hydrogen) atoms. The number of rotatable bonds is 5. The van der Waals surface area contributed by atoms with E-state index in [2.05, 4.69) is 73.8 Å². The smallest absolute Gasteiger partial charge is 0.0579 e. The maximum absolute atomic E-state index is 3.84. The Hall–Kier alpha value is -1.60. The molecule has 0 spiro atoms. The minimum absolute atomic E-state index is 0.296. The maximum atomic E-state index is 3.84. The Morgan fingerprint density at radius 1 is 1.00 bits per heavy atom. The lowest BCUT2D eigenvalue weighted by molar-refractivity contribution is 0.153. The van der Waals surface area contributed by atoms with E-state index in [9.17, 15) is 0 Å². The Kier molecular flexibility index (Phi) is 4.12. The van der Waals surface area contributed by atoms with Gasteiger partial charge in [0, 0.05) is 6.54 Å². The molecule has 0 aliphatic heterocycles. The van der Waals surface area contributed by atoms with Crippen LogP contribution in [0, 0.1) is 12.3 Å². The predicted octanol–water partition coefficient (Wildman–Crippen LogP) is 4.86. The van der Waals surface area contributed by atoms with Crippen molar-refractivity contribution in [3.8, 4) is 0 Å². The molecule has 3 rings (SSSR count). The zero-order valence-electron chi connectivity index (χ0n) is 13.1. The fraction of sp³-hybridized carbons (Fsp3) is 0.400. The molecular formula is C20H25N. The van der Waals surface area contributed by atoms with Crippen molar-refractivity contribution < 1.29 is 0 Å². The van der Waals surface area contributed by atoms with Gasteiger partial charge in [0.05, 0.1) is 6.04 Å². The van der Waals surface area contributed by atoms with Crippen LogP contribution in [0.15, 0.2) is 54.6 Å². The molecule has 0 bridgehead atoms. The SMILES string of the molecule is Cc1ccccc1C(NCC1(C)CCC1)c1ccccc1. The first-order valence-electron chi connectivity index (χ1n) is 8.02. The third-order valence-electron chi connectivity index (χ3n) is 4.93. The van der Waals surface area contributed by atoms with E-state index < -0.39 is 0 Å². The van der Waals surface area contributed by atoms with Gasteiger partial charge in [-0.15, -0.1) is 0 Å². The van der Waals surface area contributed by atoms with Crippen LogP contribution in [0.3, 0.4) is 0 Å². The zero-order chi connectivity index (χ0) is 14.7. The van der Waals surface area contributed by atoms with Crippen molar-refractivity contribution in [3.05, 3.63) is 71.3 Å². The van der Waals surface area contributed by atoms with Crippen LogP contribution in [0.1, 0.15) is 48.9 Å². The highest BCUT2D eigenvalue weighted by Gasteiger charge is 2.32. The van der Waals surface area contributed by atoms with Gasteiger partial charge < -0.3 is 5.32 Å². The molecule has 1 fully saturated rings. The van der Waals surface area contributed by atoms with Gasteiger partial charge in [-0.1, -0.05) is 67.9 Å². The van der Waals surface area contributed by atoms with Crippen LogP contribution in [-0.2, 0) is 0 Å². The minimum Gasteiger partial charge on any atom is -0.306 e. The third kappa shape index (κ3) is 3.19. The molecule has 1 saturated carbocycles. The van der Waals surface area contributed by atoms with E-state index in [1.54, 1.807) is 0 Å². The van der Waals surface area contributed by atoms with Gasteiger partial charge in [0.15, 0.2) is 0 Å². The number of benzene rings is 2. The van der Waals surface area contributed by atoms with E-state index in [0.29, 0.717) is 11.5 Å². The van der Waals surface area contributed by atoms with Crippen molar-refractivity contribution in [1.82, 2.24) is 5.32 Å². The first-order chi connectivity index (χ1) is 10.2. The molecule has 0 saturated heterocycles. The molecule has 1 aliphatic rings. The minimum atomic E-state index is 0.296. The summed E-state index contributed by atoms with van der Waals surface area (Å²) >= 11 is 0. The molecule has 1 nitrogen and oxygen atoms in total. The summed E-state index contributed by atoms with van der Waals surface area (Å²) in [6.45, 7) is 5.71. The lowest BCUT2D eigenvalue weighted by atomic mass is 9.70. The number of nitrogens with one attached hydrogen (secondary N) is 1. The summed E-state index contributed by atoms with van der Waals surface area (Å²) in [5.41, 5.74) is 4.61. The molecule has 0 radical (unpaired) electrons. The summed E-state index contributed by atoms with van der Waals surface area (Å²) in [6.07, 6.45) is 4.10. The van der Waals surface area contributed by atoms with Crippen molar-refractivity contribution in [1.29, 1.82) is 0 Å². The van der Waals surface area contributed by atoms with E-state index in [1.165, 1.54) is 36.0 Å². The number of aryl methyl sites for hydroxylation is 1. The van der Waals surface area contributed by atoms with Crippen LogP contribution in [-0.4, -0.2) is 6.54 Å². The largest absolute Gasteiger partial charge is 0.306 e. The van der Waals surface area contributed by atoms with Crippen LogP contribution in [0.4, 0.5) is 0 Å². The summed E-state index contributed by atoms with van der Waals surface area (Å²) in [5, 5.41) is 3.84. The van der Waals surface area contributed by atoms with Gasteiger partial charge in [-0.25, -0.2) is 0 Å². The second-order valence-electron chi connectivity index (χ2n) is 6.75. The third-order valence-corrected chi connectivity index (χ3v) is 4.93. The summed E-state index contributed by atoms with van der Waals surface area (Å²) < 4.78 is 0. The fourth-order valence-corrected chi connectivity index (χ4v) is 3.27. The average molecular weight is 279 g/mol. The van der Waals surface area contributed by atoms with Crippen LogP contribution < -0.4 is 5.32 Å². The molecule has 2 aromatic rings. The van der Waals surface area contributed by atoms with Crippen molar-refractivity contribution in [2.75, 3.05) is 6.54 Å². The van der Waals surface area contributed by atoms with E-state index in [-0.39, 0.29) is 0 Å². The molecule has 110 valence electrons. The number of hydrogen-bond donors (Lipinski definition) is 1. The topological polar surface area (TPSA) is 12.0 Å². The molecule has 2 aromatic carbocycles. The zero-order valence-corrected chi connectivity index (χ0v) is 13.1. The standard InChI is InChI=1S/C20H25N/c1-16-9-6-7-12-18(16)19(17-10-4-3-5-11-17)21-15-20(2)13-8-14-20/h3-7,9-12,19,21H,8,13-15H2,1-2H3. The van der Waals surface area contributed by atoms with Gasteiger partial charge in [-0.05, 0) is 41.9 Å². The van der Waals surface area contributed by atoms with Crippen molar-refractivity contribution in [3.63, 3.8) is 0 Å². The summed E-state index contributed by atoms with van der Waals surface area (Å²) in [5.74, 6) is 0. The Labute approximate surface area is 128 Å². The van der Waals surface area contributed by atoms with Gasteiger partial charge in [0.2, 0.25) is 0 Å². The summed E-state index contributed by atoms with van der Waals surface area (Å²) in [7, 11) is 0. The maximum Gasteiger partial charge on any atom is 0.0579 e. The average Bonchev–Trinajstić information content (AvgIpc) is 2.48. The lowest BCUT2D eigenvalue weighted by Crippen LogP contribution is -2.39. The predicted molar refractivity (Wildman–Crippen MR) is 89.4 cm³/mol. The van der Waals surface area contributed by atoms with E-state index >= 15 is 0 Å². The van der Waals surface area contributed by atoms with Gasteiger partial charge in [-0.2, -0.15) is 0 Å². The molecule has 1 N–H and O–H groups in total. The van der Waals surface area contributed by atoms with Crippen LogP contribution in [0.5, 0.6) is 0 Å². The summed E-state index contributed by atoms with van der Waals surface area (Å²) in [4.78, 5) is 0. The van der Waals surface area contributed by atoms with E-state index in [4.69, 9.17) is 0 Å². The number of hydrogen-bond acceptors (Lipinski definition) is 1. The Bertz CT molecular complexity index is 584. The van der Waals surface area contributed by atoms with Crippen LogP contribution >= 0.6 is 0 Å². The molecule has 1 atom stereocenters. The molecule has 0 heterocycles. The molecule has 0 aromatic heterocycles. The molecule has 1 aliphatic carbocycles. The van der Waals surface area contributed by atoms with Gasteiger partial charge >= 0.3 is 0 Å². The van der Waals surface area contributed by atoms with E-state index in [0.717, 1.165) is 6.54 Å². The van der Waals surface area contributed by atoms with Gasteiger partial charge in [0.25, 0.3) is 0 Å². The fourth-order valence-electron chi connectivity index (χ4n) is 3.27. The Balaban J connectivity index is 1.86. The lowest BCUT2D eigenvalue weighted by Gasteiger charge is -2.40. The van der Waals surface area contributed by atoms with Crippen LogP contribution in [0.2, 0.25) is 0 Å². The highest BCUT2D eigenvalue weighted by molar-refractivity contribution is 5.36. The highest BCUT2D eigenvalue weighted by atomic mass is 14.9. The van der Waals surface area contributed by atoms with Crippen molar-refractivity contribution in [2.24, 2.45) is 5.41 Å². The van der Waals surface area contributed by atoms with Crippen molar-refractivity contribution in [2.45, 2.75) is 39.2 Å². The Morgan fingerprint density at radius 3 is 2.29 bits per heavy atom. The molecule has 1 unspecified atom stereocenters. The van der Waals surface area contributed by atoms with Gasteiger partial charge in [0.1, 0.15) is 0 Å². The van der Waals surface area contributed by atoms with Crippen LogP contribution in [0.25, 0.3) is 0 Å². The monoisotopic (exact) mass is 279 g/mol. The van der Waals surface area contributed by atoms with Crippen molar-refractivity contribution >= 4 is 0 Å². The normalized spacial score (nSPS) is 18.0. The molecule has 0 amide bonds. The first kappa shape index (κ1) is 14.3. The first-order valence-corrected chi connectivity index (χ1v) is 8.02. The molecular weight excluding hydrogens is 254 g/mol. The van der Waals surface area contributed by atoms with Gasteiger partial charge in [-0.3, -0.25) is 0 Å². The quantitative estimate of drug-likeness (QED) is 0.824. The van der Waals surface area contributed by atoms with E-state index in [1.807, 2.05) is 0 Å². The molecule has 1 heteroatoms. The second kappa shape index (κ2) is 6.03. The summed E-state index contributed by atoms with van der Waals surface area (Å²) in [6, 6.07) is 19.8. The highest BCUT2D eigenvalue weighted by Crippen LogP contribution is 2.40.